The average molecular weight is 530 g/mol. The second-order valence-corrected chi connectivity index (χ2v) is 9.82. The monoisotopic (exact) mass is 529 g/mol. The number of hydrogen-bond donors (Lipinski definition) is 0. The number of ether oxygens (including phenoxy) is 5. The maximum absolute atomic E-state index is 6.13. The van der Waals surface area contributed by atoms with E-state index in [9.17, 15) is 0 Å². The molecule has 3 aromatic carbocycles. The van der Waals surface area contributed by atoms with Crippen molar-refractivity contribution in [3.8, 4) is 51.1 Å². The van der Waals surface area contributed by atoms with Gasteiger partial charge in [-0.2, -0.15) is 0 Å². The third-order valence-electron chi connectivity index (χ3n) is 6.87. The molecule has 0 radical (unpaired) electrons. The fourth-order valence-electron chi connectivity index (χ4n) is 5.49. The van der Waals surface area contributed by atoms with Gasteiger partial charge < -0.3 is 28.3 Å². The second kappa shape index (κ2) is 11.5. The lowest BCUT2D eigenvalue weighted by molar-refractivity contribution is 0.243. The predicted molar refractivity (Wildman–Crippen MR) is 157 cm³/mol. The zero-order chi connectivity index (χ0) is 27.5. The molecule has 0 N–H and O–H groups in total. The first-order valence-corrected chi connectivity index (χ1v) is 14.1. The van der Waals surface area contributed by atoms with Crippen molar-refractivity contribution in [2.24, 2.45) is 0 Å². The van der Waals surface area contributed by atoms with Crippen LogP contribution in [0.2, 0.25) is 0 Å². The predicted octanol–water partition coefficient (Wildman–Crippen LogP) is 7.91. The number of benzene rings is 3. The fraction of sp³-hybridized carbons (Fsp3) is 0.394. The molecule has 6 nitrogen and oxygen atoms in total. The minimum absolute atomic E-state index is 0.0876. The van der Waals surface area contributed by atoms with Crippen LogP contribution in [0.5, 0.6) is 28.7 Å². The highest BCUT2D eigenvalue weighted by atomic mass is 16.5. The molecule has 0 bridgehead atoms. The Balaban J connectivity index is 1.80. The van der Waals surface area contributed by atoms with Crippen LogP contribution >= 0.6 is 0 Å². The van der Waals surface area contributed by atoms with Gasteiger partial charge in [-0.1, -0.05) is 6.07 Å². The summed E-state index contributed by atoms with van der Waals surface area (Å²) in [4.78, 5) is 0. The summed E-state index contributed by atoms with van der Waals surface area (Å²) in [6, 6.07) is 17.0. The molecule has 0 aliphatic carbocycles. The van der Waals surface area contributed by atoms with Gasteiger partial charge in [0.25, 0.3) is 0 Å². The molecular weight excluding hydrogens is 490 g/mol. The standard InChI is InChI=1S/C33H39NO5/c1-7-35-28-14-11-23(18-29(28)36-8-2)32-26-19-24(39-21(5)6)12-13-27(26)34-16-15-22-17-30(37-9-3)31(38-10-4)20-25(22)33(32)34/h11-14,17-21H,7-10,15-16H2,1-6H3. The topological polar surface area (TPSA) is 51.1 Å². The van der Waals surface area contributed by atoms with Crippen molar-refractivity contribution in [2.75, 3.05) is 26.4 Å². The fourth-order valence-corrected chi connectivity index (χ4v) is 5.49. The van der Waals surface area contributed by atoms with Gasteiger partial charge in [-0.3, -0.25) is 0 Å². The zero-order valence-electron chi connectivity index (χ0n) is 23.9. The Hall–Kier alpha value is -3.80. The minimum Gasteiger partial charge on any atom is -0.491 e. The Labute approximate surface area is 231 Å². The van der Waals surface area contributed by atoms with E-state index in [4.69, 9.17) is 23.7 Å². The molecule has 0 saturated heterocycles. The Bertz CT molecular complexity index is 1470. The Morgan fingerprint density at radius 3 is 2.03 bits per heavy atom. The van der Waals surface area contributed by atoms with Gasteiger partial charge in [-0.05, 0) is 102 Å². The van der Waals surface area contributed by atoms with Crippen LogP contribution < -0.4 is 23.7 Å². The summed E-state index contributed by atoms with van der Waals surface area (Å²) in [7, 11) is 0. The van der Waals surface area contributed by atoms with Gasteiger partial charge in [0.15, 0.2) is 23.0 Å². The van der Waals surface area contributed by atoms with E-state index in [1.807, 2.05) is 33.8 Å². The zero-order valence-corrected chi connectivity index (χ0v) is 23.9. The SMILES string of the molecule is CCOc1ccc(-c2c3n(c4ccc(OC(C)C)cc24)CCc2cc(OCC)c(OCC)cc2-3)cc1OCC. The molecular formula is C33H39NO5. The molecule has 0 unspecified atom stereocenters. The van der Waals surface area contributed by atoms with Crippen molar-refractivity contribution in [3.63, 3.8) is 0 Å². The van der Waals surface area contributed by atoms with Crippen LogP contribution in [0.15, 0.2) is 48.5 Å². The van der Waals surface area contributed by atoms with Crippen molar-refractivity contribution in [1.29, 1.82) is 0 Å². The quantitative estimate of drug-likeness (QED) is 0.198. The molecule has 6 heteroatoms. The summed E-state index contributed by atoms with van der Waals surface area (Å²) in [5.74, 6) is 3.94. The van der Waals surface area contributed by atoms with Crippen LogP contribution in [0.1, 0.15) is 47.1 Å². The molecule has 0 saturated carbocycles. The van der Waals surface area contributed by atoms with E-state index in [0.29, 0.717) is 26.4 Å². The lowest BCUT2D eigenvalue weighted by atomic mass is 9.92. The molecule has 5 rings (SSSR count). The van der Waals surface area contributed by atoms with Crippen LogP contribution in [0, 0.1) is 0 Å². The van der Waals surface area contributed by atoms with E-state index in [1.165, 1.54) is 16.8 Å². The maximum Gasteiger partial charge on any atom is 0.161 e. The van der Waals surface area contributed by atoms with Crippen molar-refractivity contribution < 1.29 is 23.7 Å². The van der Waals surface area contributed by atoms with E-state index in [0.717, 1.165) is 63.8 Å². The first kappa shape index (κ1) is 26.8. The largest absolute Gasteiger partial charge is 0.491 e. The smallest absolute Gasteiger partial charge is 0.161 e. The molecule has 0 spiro atoms. The molecule has 2 heterocycles. The summed E-state index contributed by atoms with van der Waals surface area (Å²) in [6.07, 6.45) is 1.00. The highest BCUT2D eigenvalue weighted by Gasteiger charge is 2.28. The Morgan fingerprint density at radius 2 is 1.36 bits per heavy atom. The molecule has 0 fully saturated rings. The second-order valence-electron chi connectivity index (χ2n) is 9.82. The number of aryl methyl sites for hydroxylation is 2. The number of nitrogens with zero attached hydrogens (tertiary/aromatic N) is 1. The number of hydrogen-bond acceptors (Lipinski definition) is 5. The molecule has 206 valence electrons. The van der Waals surface area contributed by atoms with Gasteiger partial charge in [0.1, 0.15) is 5.75 Å². The normalized spacial score (nSPS) is 12.3. The molecule has 1 aliphatic rings. The van der Waals surface area contributed by atoms with E-state index >= 15 is 0 Å². The molecule has 0 amide bonds. The maximum atomic E-state index is 6.13. The molecule has 39 heavy (non-hydrogen) atoms. The Morgan fingerprint density at radius 1 is 0.718 bits per heavy atom. The van der Waals surface area contributed by atoms with Gasteiger partial charge in [0.05, 0.1) is 38.2 Å². The molecule has 0 atom stereocenters. The van der Waals surface area contributed by atoms with Gasteiger partial charge in [0.2, 0.25) is 0 Å². The first-order valence-electron chi connectivity index (χ1n) is 14.1. The third-order valence-corrected chi connectivity index (χ3v) is 6.87. The van der Waals surface area contributed by atoms with Crippen molar-refractivity contribution in [3.05, 3.63) is 54.1 Å². The van der Waals surface area contributed by atoms with E-state index in [-0.39, 0.29) is 6.10 Å². The van der Waals surface area contributed by atoms with E-state index in [2.05, 4.69) is 60.9 Å². The van der Waals surface area contributed by atoms with Crippen LogP contribution in [0.25, 0.3) is 33.3 Å². The summed E-state index contributed by atoms with van der Waals surface area (Å²) < 4.78 is 32.5. The van der Waals surface area contributed by atoms with Crippen LogP contribution in [-0.4, -0.2) is 37.1 Å². The highest BCUT2D eigenvalue weighted by Crippen LogP contribution is 2.49. The highest BCUT2D eigenvalue weighted by molar-refractivity contribution is 6.06. The van der Waals surface area contributed by atoms with Crippen molar-refractivity contribution >= 4 is 10.9 Å². The van der Waals surface area contributed by atoms with Crippen LogP contribution in [0.4, 0.5) is 0 Å². The number of rotatable bonds is 11. The summed E-state index contributed by atoms with van der Waals surface area (Å²) in [5, 5.41) is 1.15. The third kappa shape index (κ3) is 5.12. The van der Waals surface area contributed by atoms with Crippen LogP contribution in [0.3, 0.4) is 0 Å². The van der Waals surface area contributed by atoms with Gasteiger partial charge in [0, 0.05) is 28.6 Å². The van der Waals surface area contributed by atoms with Gasteiger partial charge in [-0.15, -0.1) is 0 Å². The number of aromatic nitrogens is 1. The van der Waals surface area contributed by atoms with Crippen molar-refractivity contribution in [1.82, 2.24) is 4.57 Å². The molecule has 1 aliphatic heterocycles. The van der Waals surface area contributed by atoms with E-state index in [1.54, 1.807) is 0 Å². The average Bonchev–Trinajstić information content (AvgIpc) is 3.24. The van der Waals surface area contributed by atoms with Crippen LogP contribution in [-0.2, 0) is 13.0 Å². The molecule has 4 aromatic rings. The molecule has 1 aromatic heterocycles. The number of fused-ring (bicyclic) bond motifs is 5. The van der Waals surface area contributed by atoms with Gasteiger partial charge >= 0.3 is 0 Å². The Kier molecular flexibility index (Phi) is 7.92. The van der Waals surface area contributed by atoms with Crippen molar-refractivity contribution in [2.45, 2.75) is 60.6 Å². The summed E-state index contributed by atoms with van der Waals surface area (Å²) in [5.41, 5.74) is 6.99. The lowest BCUT2D eigenvalue weighted by Gasteiger charge is -2.24. The van der Waals surface area contributed by atoms with Gasteiger partial charge in [-0.25, -0.2) is 0 Å². The summed E-state index contributed by atoms with van der Waals surface area (Å²) in [6.45, 7) is 15.3. The lowest BCUT2D eigenvalue weighted by Crippen LogP contribution is -2.12. The first-order chi connectivity index (χ1) is 19.0. The summed E-state index contributed by atoms with van der Waals surface area (Å²) >= 11 is 0. The minimum atomic E-state index is 0.0876. The van der Waals surface area contributed by atoms with E-state index < -0.39 is 0 Å².